The van der Waals surface area contributed by atoms with Crippen LogP contribution in [0.3, 0.4) is 0 Å². The Hall–Kier alpha value is -2.83. The van der Waals surface area contributed by atoms with Crippen molar-refractivity contribution in [3.63, 3.8) is 0 Å². The van der Waals surface area contributed by atoms with Crippen LogP contribution in [0.15, 0.2) is 54.7 Å². The zero-order chi connectivity index (χ0) is 23.3. The van der Waals surface area contributed by atoms with Crippen LogP contribution in [-0.2, 0) is 0 Å². The highest BCUT2D eigenvalue weighted by Gasteiger charge is 2.24. The number of hydrogen-bond acceptors (Lipinski definition) is 4. The number of aromatic nitrogens is 1. The number of carbonyl (C=O) groups excluding carboxylic acids is 1. The maximum atomic E-state index is 12.5. The number of nitrogens with one attached hydrogen (secondary N) is 1. The van der Waals surface area contributed by atoms with Gasteiger partial charge in [-0.2, -0.15) is 0 Å². The first kappa shape index (κ1) is 25.3. The van der Waals surface area contributed by atoms with E-state index >= 15 is 0 Å². The summed E-state index contributed by atoms with van der Waals surface area (Å²) in [5.74, 6) is 0.883. The van der Waals surface area contributed by atoms with Crippen LogP contribution < -0.4 is 10.1 Å². The molecule has 186 valence electrons. The van der Waals surface area contributed by atoms with E-state index in [0.29, 0.717) is 0 Å². The van der Waals surface area contributed by atoms with Gasteiger partial charge in [-0.15, -0.1) is 12.4 Å². The minimum atomic E-state index is 0. The molecule has 0 unspecified atom stereocenters. The third-order valence-corrected chi connectivity index (χ3v) is 7.13. The number of aryl methyl sites for hydroxylation is 1. The number of urea groups is 1. The number of likely N-dealkylation sites (tertiary alicyclic amines) is 2. The maximum absolute atomic E-state index is 12.5. The van der Waals surface area contributed by atoms with E-state index in [2.05, 4.69) is 64.6 Å². The van der Waals surface area contributed by atoms with Crippen molar-refractivity contribution in [2.24, 2.45) is 0 Å². The third-order valence-electron chi connectivity index (χ3n) is 7.13. The predicted molar refractivity (Wildman–Crippen MR) is 143 cm³/mol. The summed E-state index contributed by atoms with van der Waals surface area (Å²) < 4.78 is 6.25. The average Bonchev–Trinajstić information content (AvgIpc) is 3.39. The Kier molecular flexibility index (Phi) is 8.47. The summed E-state index contributed by atoms with van der Waals surface area (Å²) in [5, 5.41) is 4.24. The van der Waals surface area contributed by atoms with Crippen LogP contribution >= 0.6 is 12.4 Å². The topological polar surface area (TPSA) is 57.7 Å². The summed E-state index contributed by atoms with van der Waals surface area (Å²) in [6.45, 7) is 7.62. The molecule has 2 amide bonds. The maximum Gasteiger partial charge on any atom is 0.317 e. The highest BCUT2D eigenvalue weighted by atomic mass is 35.5. The van der Waals surface area contributed by atoms with Gasteiger partial charge in [0.15, 0.2) is 0 Å². The first-order valence-corrected chi connectivity index (χ1v) is 12.5. The van der Waals surface area contributed by atoms with Gasteiger partial charge >= 0.3 is 6.03 Å². The van der Waals surface area contributed by atoms with E-state index in [1.807, 2.05) is 17.2 Å². The van der Waals surface area contributed by atoms with Gasteiger partial charge in [-0.1, -0.05) is 30.3 Å². The van der Waals surface area contributed by atoms with Crippen LogP contribution in [0.4, 0.5) is 4.79 Å². The van der Waals surface area contributed by atoms with Crippen molar-refractivity contribution in [1.29, 1.82) is 0 Å². The first-order chi connectivity index (χ1) is 16.7. The molecular formula is C28H35ClN4O2. The highest BCUT2D eigenvalue weighted by Crippen LogP contribution is 2.30. The van der Waals surface area contributed by atoms with Crippen molar-refractivity contribution >= 4 is 29.3 Å². The number of rotatable bonds is 6. The van der Waals surface area contributed by atoms with Gasteiger partial charge in [0.05, 0.1) is 5.52 Å². The van der Waals surface area contributed by atoms with E-state index in [1.165, 1.54) is 37.1 Å². The molecule has 2 saturated heterocycles. The van der Waals surface area contributed by atoms with Crippen molar-refractivity contribution in [3.8, 4) is 16.9 Å². The molecule has 5 rings (SSSR count). The molecule has 3 heterocycles. The molecule has 0 radical (unpaired) electrons. The smallest absolute Gasteiger partial charge is 0.317 e. The molecule has 0 saturated carbocycles. The van der Waals surface area contributed by atoms with Gasteiger partial charge < -0.3 is 19.9 Å². The van der Waals surface area contributed by atoms with Crippen LogP contribution in [-0.4, -0.2) is 66.2 Å². The molecule has 6 nitrogen and oxygen atoms in total. The summed E-state index contributed by atoms with van der Waals surface area (Å²) in [6.07, 6.45) is 6.27. The van der Waals surface area contributed by atoms with Gasteiger partial charge in [-0.25, -0.2) is 4.79 Å². The standard InChI is InChI=1S/C28H34N4O2.ClH/c1-21-26(11-8-23-5-4-14-29-27(21)23)22-6-9-24(10-7-22)34-25-12-18-32(19-13-25)28(33)30-15-20-31-16-2-3-17-31;/h4-11,14,25H,2-3,12-13,15-20H2,1H3,(H,30,33);1H. The van der Waals surface area contributed by atoms with Crippen LogP contribution in [0.25, 0.3) is 22.0 Å². The Bertz CT molecular complexity index is 1120. The lowest BCUT2D eigenvalue weighted by Crippen LogP contribution is -2.47. The zero-order valence-corrected chi connectivity index (χ0v) is 21.2. The molecule has 7 heteroatoms. The monoisotopic (exact) mass is 494 g/mol. The minimum absolute atomic E-state index is 0. The second-order valence-electron chi connectivity index (χ2n) is 9.42. The second kappa shape index (κ2) is 11.7. The molecule has 3 aromatic rings. The van der Waals surface area contributed by atoms with Crippen molar-refractivity contribution in [2.75, 3.05) is 39.3 Å². The molecule has 0 bridgehead atoms. The lowest BCUT2D eigenvalue weighted by Gasteiger charge is -2.32. The number of fused-ring (bicyclic) bond motifs is 1. The van der Waals surface area contributed by atoms with Gasteiger partial charge in [0.2, 0.25) is 0 Å². The SMILES string of the molecule is Cc1c(-c2ccc(OC3CCN(C(=O)NCCN4CCCC4)CC3)cc2)ccc2cccnc12.Cl. The van der Waals surface area contributed by atoms with E-state index in [0.717, 1.165) is 61.2 Å². The number of pyridine rings is 1. The van der Waals surface area contributed by atoms with Crippen LogP contribution in [0.2, 0.25) is 0 Å². The number of hydrogen-bond donors (Lipinski definition) is 1. The van der Waals surface area contributed by atoms with Crippen molar-refractivity contribution in [3.05, 3.63) is 60.3 Å². The van der Waals surface area contributed by atoms with E-state index in [9.17, 15) is 4.79 Å². The fourth-order valence-corrected chi connectivity index (χ4v) is 5.13. The van der Waals surface area contributed by atoms with Gasteiger partial charge in [-0.3, -0.25) is 4.98 Å². The number of amides is 2. The average molecular weight is 495 g/mol. The van der Waals surface area contributed by atoms with E-state index in [4.69, 9.17) is 4.74 Å². The van der Waals surface area contributed by atoms with Gasteiger partial charge in [-0.05, 0) is 67.7 Å². The highest BCUT2D eigenvalue weighted by molar-refractivity contribution is 5.88. The lowest BCUT2D eigenvalue weighted by molar-refractivity contribution is 0.111. The molecule has 1 aromatic heterocycles. The summed E-state index contributed by atoms with van der Waals surface area (Å²) in [6, 6.07) is 16.8. The zero-order valence-electron chi connectivity index (χ0n) is 20.4. The molecule has 2 aromatic carbocycles. The van der Waals surface area contributed by atoms with Crippen LogP contribution in [0.5, 0.6) is 5.75 Å². The molecule has 1 N–H and O–H groups in total. The predicted octanol–water partition coefficient (Wildman–Crippen LogP) is 5.28. The number of ether oxygens (including phenoxy) is 1. The van der Waals surface area contributed by atoms with Crippen LogP contribution in [0.1, 0.15) is 31.2 Å². The molecule has 0 atom stereocenters. The summed E-state index contributed by atoms with van der Waals surface area (Å²) in [4.78, 5) is 21.4. The fraction of sp³-hybridized carbons (Fsp3) is 0.429. The largest absolute Gasteiger partial charge is 0.490 e. The third kappa shape index (κ3) is 6.06. The fourth-order valence-electron chi connectivity index (χ4n) is 5.13. The Morgan fingerprint density at radius 1 is 1.03 bits per heavy atom. The lowest BCUT2D eigenvalue weighted by atomic mass is 9.98. The molecule has 2 fully saturated rings. The molecular weight excluding hydrogens is 460 g/mol. The van der Waals surface area contributed by atoms with E-state index < -0.39 is 0 Å². The van der Waals surface area contributed by atoms with Gasteiger partial charge in [0.1, 0.15) is 11.9 Å². The second-order valence-corrected chi connectivity index (χ2v) is 9.42. The molecule has 0 spiro atoms. The Morgan fingerprint density at radius 2 is 1.77 bits per heavy atom. The van der Waals surface area contributed by atoms with Crippen molar-refractivity contribution in [1.82, 2.24) is 20.1 Å². The summed E-state index contributed by atoms with van der Waals surface area (Å²) >= 11 is 0. The summed E-state index contributed by atoms with van der Waals surface area (Å²) in [7, 11) is 0. The number of piperidine rings is 1. The van der Waals surface area contributed by atoms with Gasteiger partial charge in [0, 0.05) is 50.6 Å². The van der Waals surface area contributed by atoms with E-state index in [1.54, 1.807) is 0 Å². The normalized spacial score (nSPS) is 16.8. The van der Waals surface area contributed by atoms with Crippen LogP contribution in [0, 0.1) is 6.92 Å². The quantitative estimate of drug-likeness (QED) is 0.506. The number of benzene rings is 2. The molecule has 2 aliphatic heterocycles. The number of carbonyl (C=O) groups is 1. The first-order valence-electron chi connectivity index (χ1n) is 12.5. The molecule has 35 heavy (non-hydrogen) atoms. The Morgan fingerprint density at radius 3 is 2.51 bits per heavy atom. The number of nitrogens with zero attached hydrogens (tertiary/aromatic N) is 3. The minimum Gasteiger partial charge on any atom is -0.490 e. The number of halogens is 1. The van der Waals surface area contributed by atoms with Gasteiger partial charge in [0.25, 0.3) is 0 Å². The van der Waals surface area contributed by atoms with Crippen molar-refractivity contribution < 1.29 is 9.53 Å². The molecule has 0 aliphatic carbocycles. The van der Waals surface area contributed by atoms with Crippen molar-refractivity contribution in [2.45, 2.75) is 38.7 Å². The summed E-state index contributed by atoms with van der Waals surface area (Å²) in [5.41, 5.74) is 4.60. The Balaban J connectivity index is 0.00000289. The molecule has 2 aliphatic rings. The Labute approximate surface area is 214 Å². The van der Waals surface area contributed by atoms with E-state index in [-0.39, 0.29) is 24.5 Å².